The van der Waals surface area contributed by atoms with E-state index in [9.17, 15) is 9.00 Å². The third kappa shape index (κ3) is 3.60. The first-order valence-corrected chi connectivity index (χ1v) is 8.46. The molecule has 4 nitrogen and oxygen atoms in total. The molecule has 1 aromatic carbocycles. The largest absolute Gasteiger partial charge is 0.480 e. The molecular weight excluding hydrogens is 274 g/mol. The molecule has 1 fully saturated rings. The van der Waals surface area contributed by atoms with Crippen molar-refractivity contribution in [3.8, 4) is 5.75 Å². The van der Waals surface area contributed by atoms with Crippen molar-refractivity contribution in [2.24, 2.45) is 0 Å². The molecule has 5 heteroatoms. The molecule has 1 aliphatic rings. The molecule has 20 heavy (non-hydrogen) atoms. The van der Waals surface area contributed by atoms with Gasteiger partial charge in [-0.3, -0.25) is 9.00 Å². The zero-order valence-corrected chi connectivity index (χ0v) is 12.8. The van der Waals surface area contributed by atoms with Crippen molar-refractivity contribution in [1.29, 1.82) is 0 Å². The van der Waals surface area contributed by atoms with E-state index >= 15 is 0 Å². The van der Waals surface area contributed by atoms with E-state index in [-0.39, 0.29) is 5.91 Å². The Morgan fingerprint density at radius 3 is 2.60 bits per heavy atom. The van der Waals surface area contributed by atoms with E-state index in [4.69, 9.17) is 4.74 Å². The topological polar surface area (TPSA) is 46.6 Å². The molecule has 0 bridgehead atoms. The van der Waals surface area contributed by atoms with Crippen LogP contribution in [0.15, 0.2) is 24.3 Å². The van der Waals surface area contributed by atoms with Crippen molar-refractivity contribution >= 4 is 16.7 Å². The van der Waals surface area contributed by atoms with Crippen molar-refractivity contribution in [3.05, 3.63) is 29.8 Å². The molecule has 0 aromatic heterocycles. The van der Waals surface area contributed by atoms with Gasteiger partial charge in [0.1, 0.15) is 5.75 Å². The maximum absolute atomic E-state index is 12.5. The van der Waals surface area contributed by atoms with Gasteiger partial charge in [-0.05, 0) is 25.0 Å². The summed E-state index contributed by atoms with van der Waals surface area (Å²) in [7, 11) is -0.769. The van der Waals surface area contributed by atoms with Gasteiger partial charge in [0, 0.05) is 35.4 Å². The summed E-state index contributed by atoms with van der Waals surface area (Å²) < 4.78 is 17.2. The van der Waals surface area contributed by atoms with Gasteiger partial charge in [-0.1, -0.05) is 25.1 Å². The maximum Gasteiger partial charge on any atom is 0.263 e. The lowest BCUT2D eigenvalue weighted by atomic mass is 10.2. The van der Waals surface area contributed by atoms with Crippen LogP contribution in [0.4, 0.5) is 0 Å². The minimum Gasteiger partial charge on any atom is -0.480 e. The fourth-order valence-electron chi connectivity index (χ4n) is 2.21. The highest BCUT2D eigenvalue weighted by atomic mass is 32.2. The summed E-state index contributed by atoms with van der Waals surface area (Å²) in [4.78, 5) is 14.2. The maximum atomic E-state index is 12.5. The molecular formula is C15H21NO3S. The zero-order valence-electron chi connectivity index (χ0n) is 12.0. The first kappa shape index (κ1) is 15.0. The first-order chi connectivity index (χ1) is 9.61. The minimum atomic E-state index is -0.769. The molecule has 0 N–H and O–H groups in total. The number of hydrogen-bond acceptors (Lipinski definition) is 3. The van der Waals surface area contributed by atoms with Gasteiger partial charge < -0.3 is 9.64 Å². The number of para-hydroxylation sites is 1. The number of aryl methyl sites for hydroxylation is 1. The molecule has 0 aliphatic carbocycles. The summed E-state index contributed by atoms with van der Waals surface area (Å²) in [6.07, 6.45) is 0.176. The molecule has 1 saturated heterocycles. The van der Waals surface area contributed by atoms with Crippen molar-refractivity contribution in [3.63, 3.8) is 0 Å². The Balaban J connectivity index is 2.02. The van der Waals surface area contributed by atoms with E-state index in [2.05, 4.69) is 0 Å². The van der Waals surface area contributed by atoms with Crippen molar-refractivity contribution in [2.45, 2.75) is 26.4 Å². The first-order valence-electron chi connectivity index (χ1n) is 6.98. The Bertz CT molecular complexity index is 494. The average Bonchev–Trinajstić information content (AvgIpc) is 2.46. The summed E-state index contributed by atoms with van der Waals surface area (Å²) in [6.45, 7) is 5.05. The molecule has 1 amide bonds. The van der Waals surface area contributed by atoms with Gasteiger partial charge >= 0.3 is 0 Å². The van der Waals surface area contributed by atoms with Crippen LogP contribution in [0.5, 0.6) is 5.75 Å². The molecule has 2 rings (SSSR count). The van der Waals surface area contributed by atoms with Gasteiger partial charge in [0.2, 0.25) is 0 Å². The fourth-order valence-corrected chi connectivity index (χ4v) is 3.26. The van der Waals surface area contributed by atoms with Gasteiger partial charge in [-0.2, -0.15) is 0 Å². The zero-order chi connectivity index (χ0) is 14.5. The molecule has 1 atom stereocenters. The van der Waals surface area contributed by atoms with Crippen LogP contribution in [0, 0.1) is 6.92 Å². The molecule has 1 aliphatic heterocycles. The molecule has 0 unspecified atom stereocenters. The molecule has 0 saturated carbocycles. The summed E-state index contributed by atoms with van der Waals surface area (Å²) in [5, 5.41) is 0. The van der Waals surface area contributed by atoms with Gasteiger partial charge in [0.15, 0.2) is 6.10 Å². The van der Waals surface area contributed by atoms with Crippen molar-refractivity contribution < 1.29 is 13.7 Å². The second-order valence-corrected chi connectivity index (χ2v) is 6.65. The molecule has 1 aromatic rings. The van der Waals surface area contributed by atoms with Crippen molar-refractivity contribution in [2.75, 3.05) is 24.6 Å². The van der Waals surface area contributed by atoms with Crippen molar-refractivity contribution in [1.82, 2.24) is 4.90 Å². The second-order valence-electron chi connectivity index (χ2n) is 4.95. The number of hydrogen-bond donors (Lipinski definition) is 0. The monoisotopic (exact) mass is 295 g/mol. The normalized spacial score (nSPS) is 17.8. The highest BCUT2D eigenvalue weighted by Crippen LogP contribution is 2.20. The summed E-state index contributed by atoms with van der Waals surface area (Å²) >= 11 is 0. The Hall–Kier alpha value is -1.36. The Morgan fingerprint density at radius 1 is 1.35 bits per heavy atom. The van der Waals surface area contributed by atoms with Crippen LogP contribution in [-0.2, 0) is 15.6 Å². The Morgan fingerprint density at radius 2 is 2.00 bits per heavy atom. The SMILES string of the molecule is CC[C@@H](Oc1ccccc1C)C(=O)N1CCS(=O)CC1. The van der Waals surface area contributed by atoms with E-state index in [1.54, 1.807) is 4.90 Å². The number of carbonyl (C=O) groups is 1. The van der Waals surface area contributed by atoms with Crippen LogP contribution < -0.4 is 4.74 Å². The molecule has 110 valence electrons. The highest BCUT2D eigenvalue weighted by Gasteiger charge is 2.27. The Kier molecular flexibility index (Phi) is 5.17. The van der Waals surface area contributed by atoms with E-state index < -0.39 is 16.9 Å². The Labute approximate surface area is 122 Å². The number of rotatable bonds is 4. The smallest absolute Gasteiger partial charge is 0.263 e. The van der Waals surface area contributed by atoms with Gasteiger partial charge in [0.25, 0.3) is 5.91 Å². The van der Waals surface area contributed by atoms with E-state index in [1.165, 1.54) is 0 Å². The van der Waals surface area contributed by atoms with Crippen LogP contribution in [0.2, 0.25) is 0 Å². The predicted octanol–water partition coefficient (Wildman–Crippen LogP) is 1.74. The summed E-state index contributed by atoms with van der Waals surface area (Å²) in [5.74, 6) is 1.92. The number of nitrogens with zero attached hydrogens (tertiary/aromatic N) is 1. The van der Waals surface area contributed by atoms with E-state index in [0.29, 0.717) is 31.0 Å². The fraction of sp³-hybridized carbons (Fsp3) is 0.533. The quantitative estimate of drug-likeness (QED) is 0.850. The molecule has 0 radical (unpaired) electrons. The van der Waals surface area contributed by atoms with Crippen LogP contribution in [0.3, 0.4) is 0 Å². The lowest BCUT2D eigenvalue weighted by Crippen LogP contribution is -2.47. The van der Waals surface area contributed by atoms with Crippen LogP contribution in [0.25, 0.3) is 0 Å². The van der Waals surface area contributed by atoms with Crippen LogP contribution in [-0.4, -0.2) is 45.7 Å². The lowest BCUT2D eigenvalue weighted by Gasteiger charge is -2.30. The third-order valence-corrected chi connectivity index (χ3v) is 4.77. The summed E-state index contributed by atoms with van der Waals surface area (Å²) in [6, 6.07) is 7.71. The van der Waals surface area contributed by atoms with Crippen LogP contribution >= 0.6 is 0 Å². The second kappa shape index (κ2) is 6.88. The highest BCUT2D eigenvalue weighted by molar-refractivity contribution is 7.85. The molecule has 1 heterocycles. The standard InChI is InChI=1S/C15H21NO3S/c1-3-13(19-14-7-5-4-6-12(14)2)15(17)16-8-10-20(18)11-9-16/h4-7,13H,3,8-11H2,1-2H3/t13-/m1/s1. The number of carbonyl (C=O) groups excluding carboxylic acids is 1. The third-order valence-electron chi connectivity index (χ3n) is 3.50. The van der Waals surface area contributed by atoms with E-state index in [0.717, 1.165) is 11.3 Å². The van der Waals surface area contributed by atoms with Gasteiger partial charge in [0.05, 0.1) is 0 Å². The van der Waals surface area contributed by atoms with Crippen LogP contribution in [0.1, 0.15) is 18.9 Å². The predicted molar refractivity (Wildman–Crippen MR) is 80.3 cm³/mol. The molecule has 0 spiro atoms. The number of benzene rings is 1. The van der Waals surface area contributed by atoms with Gasteiger partial charge in [-0.25, -0.2) is 0 Å². The summed E-state index contributed by atoms with van der Waals surface area (Å²) in [5.41, 5.74) is 1.03. The van der Waals surface area contributed by atoms with Gasteiger partial charge in [-0.15, -0.1) is 0 Å². The lowest BCUT2D eigenvalue weighted by molar-refractivity contribution is -0.138. The minimum absolute atomic E-state index is 0.00690. The number of amides is 1. The number of ether oxygens (including phenoxy) is 1. The average molecular weight is 295 g/mol. The van der Waals surface area contributed by atoms with E-state index in [1.807, 2.05) is 38.1 Å².